The predicted molar refractivity (Wildman–Crippen MR) is 43.4 cm³/mol. The van der Waals surface area contributed by atoms with Gasteiger partial charge >= 0.3 is 17.7 Å². The quantitative estimate of drug-likeness (QED) is 0.164. The molecule has 0 aromatic heterocycles. The Bertz CT molecular complexity index is 327. The minimum Gasteiger partial charge on any atom is -0.501 e. The van der Waals surface area contributed by atoms with E-state index in [9.17, 15) is 9.59 Å². The second-order valence-corrected chi connectivity index (χ2v) is 1.99. The first kappa shape index (κ1) is 11.9. The first-order valence-corrected chi connectivity index (χ1v) is 3.36. The summed E-state index contributed by atoms with van der Waals surface area (Å²) in [5.41, 5.74) is 7.54. The maximum Gasteiger partial charge on any atom is 0.440 e. The lowest BCUT2D eigenvalue weighted by molar-refractivity contribution is -0.137. The van der Waals surface area contributed by atoms with Crippen LogP contribution in [-0.4, -0.2) is 41.8 Å². The second kappa shape index (κ2) is 5.50. The van der Waals surface area contributed by atoms with Gasteiger partial charge < -0.3 is 20.1 Å². The molecule has 0 aliphatic heterocycles. The molecule has 7 nitrogen and oxygen atoms in total. The average molecular weight is 200 g/mol. The number of carbonyl (C=O) groups is 2. The Morgan fingerprint density at radius 2 is 1.93 bits per heavy atom. The van der Waals surface area contributed by atoms with Gasteiger partial charge in [0.2, 0.25) is 5.76 Å². The number of ether oxygens (including phenoxy) is 2. The lowest BCUT2D eigenvalue weighted by Crippen LogP contribution is -2.20. The van der Waals surface area contributed by atoms with Gasteiger partial charge in [-0.15, -0.1) is 0 Å². The fourth-order valence-electron chi connectivity index (χ4n) is 0.532. The molecular weight excluding hydrogens is 192 g/mol. The van der Waals surface area contributed by atoms with Crippen molar-refractivity contribution in [2.75, 3.05) is 14.2 Å². The molecule has 0 fully saturated rings. The van der Waals surface area contributed by atoms with Crippen molar-refractivity contribution in [1.82, 2.24) is 0 Å². The molecule has 0 bridgehead atoms. The highest BCUT2D eigenvalue weighted by Gasteiger charge is 2.27. The van der Waals surface area contributed by atoms with Crippen molar-refractivity contribution < 1.29 is 29.0 Å². The molecule has 0 aromatic rings. The van der Waals surface area contributed by atoms with E-state index in [1.807, 2.05) is 0 Å². The number of carbonyl (C=O) groups excluding carboxylic acids is 2. The first-order chi connectivity index (χ1) is 6.56. The molecule has 7 heteroatoms. The highest BCUT2D eigenvalue weighted by molar-refractivity contribution is 6.40. The third kappa shape index (κ3) is 3.08. The molecule has 0 radical (unpaired) electrons. The van der Waals surface area contributed by atoms with Crippen molar-refractivity contribution in [2.45, 2.75) is 0 Å². The van der Waals surface area contributed by atoms with Gasteiger partial charge in [0.15, 0.2) is 0 Å². The van der Waals surface area contributed by atoms with Crippen LogP contribution in [0, 0.1) is 0 Å². The summed E-state index contributed by atoms with van der Waals surface area (Å²) in [5, 5.41) is 9.08. The van der Waals surface area contributed by atoms with E-state index in [4.69, 9.17) is 10.6 Å². The van der Waals surface area contributed by atoms with Crippen LogP contribution >= 0.6 is 0 Å². The molecule has 0 aromatic carbocycles. The summed E-state index contributed by atoms with van der Waals surface area (Å²) in [6.45, 7) is 0. The SMILES string of the molecule is COC(=O)/C=C(/O)C(=[N+]=[N-])C(=O)OC. The Balaban J connectivity index is 4.91. The zero-order valence-electron chi connectivity index (χ0n) is 7.55. The average Bonchev–Trinajstić information content (AvgIpc) is 2.18. The number of rotatable bonds is 3. The van der Waals surface area contributed by atoms with Gasteiger partial charge in [0.05, 0.1) is 20.3 Å². The number of methoxy groups -OCH3 is 2. The van der Waals surface area contributed by atoms with Crippen molar-refractivity contribution in [3.63, 3.8) is 0 Å². The number of aliphatic hydroxyl groups excluding tert-OH is 1. The van der Waals surface area contributed by atoms with E-state index in [0.717, 1.165) is 14.2 Å². The summed E-state index contributed by atoms with van der Waals surface area (Å²) in [5.74, 6) is -2.82. The van der Waals surface area contributed by atoms with Crippen molar-refractivity contribution in [2.24, 2.45) is 0 Å². The molecule has 0 saturated heterocycles. The largest absolute Gasteiger partial charge is 0.501 e. The minimum absolute atomic E-state index is 0.575. The van der Waals surface area contributed by atoms with Gasteiger partial charge in [-0.2, -0.15) is 4.79 Å². The lowest BCUT2D eigenvalue weighted by Gasteiger charge is -1.93. The number of esters is 2. The molecule has 0 unspecified atom stereocenters. The van der Waals surface area contributed by atoms with E-state index in [1.165, 1.54) is 0 Å². The van der Waals surface area contributed by atoms with Gasteiger partial charge in [-0.05, 0) is 0 Å². The minimum atomic E-state index is -1.08. The van der Waals surface area contributed by atoms with Crippen LogP contribution in [0.2, 0.25) is 0 Å². The molecule has 0 aliphatic rings. The zero-order chi connectivity index (χ0) is 11.1. The van der Waals surface area contributed by atoms with Crippen LogP contribution in [-0.2, 0) is 19.1 Å². The monoisotopic (exact) mass is 200 g/mol. The third-order valence-electron chi connectivity index (χ3n) is 1.18. The molecule has 0 saturated carbocycles. The fourth-order valence-corrected chi connectivity index (χ4v) is 0.532. The lowest BCUT2D eigenvalue weighted by atomic mass is 10.3. The van der Waals surface area contributed by atoms with Crippen molar-refractivity contribution in [3.8, 4) is 0 Å². The van der Waals surface area contributed by atoms with Crippen LogP contribution in [0.3, 0.4) is 0 Å². The topological polar surface area (TPSA) is 109 Å². The summed E-state index contributed by atoms with van der Waals surface area (Å²) >= 11 is 0. The summed E-state index contributed by atoms with van der Waals surface area (Å²) in [7, 11) is 2.11. The molecular formula is C7H8N2O5. The smallest absolute Gasteiger partial charge is 0.440 e. The highest BCUT2D eigenvalue weighted by Crippen LogP contribution is 1.94. The normalized spacial score (nSPS) is 10.0. The number of hydrogen-bond donors (Lipinski definition) is 1. The number of aliphatic hydroxyl groups is 1. The summed E-state index contributed by atoms with van der Waals surface area (Å²) < 4.78 is 8.32. The van der Waals surface area contributed by atoms with Crippen LogP contribution in [0.15, 0.2) is 11.8 Å². The maximum absolute atomic E-state index is 10.8. The first-order valence-electron chi connectivity index (χ1n) is 3.36. The fraction of sp³-hybridized carbons (Fsp3) is 0.286. The highest BCUT2D eigenvalue weighted by atomic mass is 16.5. The van der Waals surface area contributed by atoms with E-state index in [1.54, 1.807) is 0 Å². The molecule has 0 rings (SSSR count). The maximum atomic E-state index is 10.8. The van der Waals surface area contributed by atoms with Gasteiger partial charge in [0, 0.05) is 0 Å². The van der Waals surface area contributed by atoms with E-state index in [0.29, 0.717) is 6.08 Å². The standard InChI is InChI=1S/C7H8N2O5/c1-13-5(11)3-4(10)6(9-8)7(12)14-2/h3,10H,1-2H3/b4-3+. The zero-order valence-corrected chi connectivity index (χ0v) is 7.55. The Hall–Kier alpha value is -2.14. The summed E-state index contributed by atoms with van der Waals surface area (Å²) in [6, 6.07) is 0. The van der Waals surface area contributed by atoms with E-state index in [-0.39, 0.29) is 0 Å². The molecule has 0 spiro atoms. The third-order valence-corrected chi connectivity index (χ3v) is 1.18. The van der Waals surface area contributed by atoms with Crippen LogP contribution in [0.25, 0.3) is 5.53 Å². The molecule has 1 N–H and O–H groups in total. The molecule has 14 heavy (non-hydrogen) atoms. The second-order valence-electron chi connectivity index (χ2n) is 1.99. The van der Waals surface area contributed by atoms with E-state index in [2.05, 4.69) is 14.3 Å². The van der Waals surface area contributed by atoms with Crippen molar-refractivity contribution in [1.29, 1.82) is 0 Å². The van der Waals surface area contributed by atoms with E-state index < -0.39 is 23.4 Å². The molecule has 76 valence electrons. The predicted octanol–water partition coefficient (Wildman–Crippen LogP) is -0.555. The van der Waals surface area contributed by atoms with Crippen molar-refractivity contribution >= 4 is 17.7 Å². The molecule has 0 amide bonds. The Labute approximate surface area is 79.2 Å². The van der Waals surface area contributed by atoms with Gasteiger partial charge in [-0.25, -0.2) is 9.59 Å². The number of nitrogens with zero attached hydrogens (tertiary/aromatic N) is 2. The molecule has 0 heterocycles. The molecule has 0 atom stereocenters. The Morgan fingerprint density at radius 3 is 2.29 bits per heavy atom. The Morgan fingerprint density at radius 1 is 1.36 bits per heavy atom. The van der Waals surface area contributed by atoms with Gasteiger partial charge in [-0.1, -0.05) is 0 Å². The van der Waals surface area contributed by atoms with Crippen LogP contribution < -0.4 is 0 Å². The number of hydrogen-bond acceptors (Lipinski definition) is 5. The van der Waals surface area contributed by atoms with Crippen LogP contribution in [0.1, 0.15) is 0 Å². The summed E-state index contributed by atoms with van der Waals surface area (Å²) in [4.78, 5) is 23.9. The van der Waals surface area contributed by atoms with Gasteiger partial charge in [-0.3, -0.25) is 0 Å². The van der Waals surface area contributed by atoms with Crippen LogP contribution in [0.4, 0.5) is 0 Å². The summed E-state index contributed by atoms with van der Waals surface area (Å²) in [6.07, 6.45) is 0.575. The molecule has 0 aliphatic carbocycles. The Kier molecular flexibility index (Phi) is 4.66. The van der Waals surface area contributed by atoms with Crippen LogP contribution in [0.5, 0.6) is 0 Å². The van der Waals surface area contributed by atoms with Gasteiger partial charge in [0.1, 0.15) is 0 Å². The van der Waals surface area contributed by atoms with E-state index >= 15 is 0 Å². The van der Waals surface area contributed by atoms with Crippen molar-refractivity contribution in [3.05, 3.63) is 17.4 Å². The van der Waals surface area contributed by atoms with Gasteiger partial charge in [0.25, 0.3) is 0 Å².